The molecule has 0 aliphatic rings. The van der Waals surface area contributed by atoms with Gasteiger partial charge in [0.2, 0.25) is 5.91 Å². The number of aromatic nitrogens is 1. The maximum atomic E-state index is 11.9. The van der Waals surface area contributed by atoms with Gasteiger partial charge in [-0.3, -0.25) is 14.6 Å². The summed E-state index contributed by atoms with van der Waals surface area (Å²) in [6.45, 7) is 5.74. The van der Waals surface area contributed by atoms with Crippen molar-refractivity contribution in [1.82, 2.24) is 9.88 Å². The molecule has 1 aromatic rings. The van der Waals surface area contributed by atoms with Crippen molar-refractivity contribution in [3.05, 3.63) is 30.1 Å². The summed E-state index contributed by atoms with van der Waals surface area (Å²) in [5.74, 6) is -0.250. The maximum Gasteiger partial charge on any atom is 0.230 e. The first-order valence-corrected chi connectivity index (χ1v) is 5.69. The van der Waals surface area contributed by atoms with Crippen molar-refractivity contribution in [2.75, 3.05) is 0 Å². The number of nitrogens with zero attached hydrogens (tertiary/aromatic N) is 2. The molecular weight excluding hydrogens is 216 g/mol. The molecule has 0 bridgehead atoms. The molecule has 1 amide bonds. The Morgan fingerprint density at radius 3 is 2.53 bits per heavy atom. The van der Waals surface area contributed by atoms with E-state index in [0.29, 0.717) is 6.54 Å². The number of hydrogen-bond donors (Lipinski definition) is 0. The van der Waals surface area contributed by atoms with Crippen LogP contribution in [-0.4, -0.2) is 27.6 Å². The second-order valence-corrected chi connectivity index (χ2v) is 4.32. The van der Waals surface area contributed by atoms with E-state index in [9.17, 15) is 9.59 Å². The van der Waals surface area contributed by atoms with Gasteiger partial charge in [-0.1, -0.05) is 6.07 Å². The number of hydrogen-bond acceptors (Lipinski definition) is 3. The Kier molecular flexibility index (Phi) is 4.82. The number of carbonyl (C=O) groups excluding carboxylic acids is 2. The van der Waals surface area contributed by atoms with Crippen LogP contribution < -0.4 is 0 Å². The molecule has 0 aliphatic heterocycles. The molecule has 0 aliphatic carbocycles. The monoisotopic (exact) mass is 234 g/mol. The van der Waals surface area contributed by atoms with Gasteiger partial charge in [0.25, 0.3) is 0 Å². The minimum Gasteiger partial charge on any atom is -0.334 e. The zero-order chi connectivity index (χ0) is 12.8. The molecule has 0 N–H and O–H groups in total. The average molecular weight is 234 g/mol. The Hall–Kier alpha value is -1.71. The second-order valence-electron chi connectivity index (χ2n) is 4.32. The molecule has 1 aromatic heterocycles. The summed E-state index contributed by atoms with van der Waals surface area (Å²) >= 11 is 0. The lowest BCUT2D eigenvalue weighted by atomic mass is 10.2. The molecule has 0 spiro atoms. The van der Waals surface area contributed by atoms with Crippen LogP contribution in [0.15, 0.2) is 24.4 Å². The Labute approximate surface area is 102 Å². The molecule has 0 saturated carbocycles. The first-order chi connectivity index (χ1) is 8.00. The Morgan fingerprint density at radius 1 is 1.35 bits per heavy atom. The van der Waals surface area contributed by atoms with Crippen LogP contribution in [0.1, 0.15) is 32.9 Å². The van der Waals surface area contributed by atoms with Crippen molar-refractivity contribution in [2.24, 2.45) is 0 Å². The molecule has 17 heavy (non-hydrogen) atoms. The highest BCUT2D eigenvalue weighted by Crippen LogP contribution is 2.08. The molecule has 0 fully saturated rings. The fraction of sp³-hybridized carbons (Fsp3) is 0.462. The van der Waals surface area contributed by atoms with Gasteiger partial charge in [0.15, 0.2) is 0 Å². The van der Waals surface area contributed by atoms with Crippen LogP contribution in [0.5, 0.6) is 0 Å². The number of rotatable bonds is 5. The van der Waals surface area contributed by atoms with Crippen LogP contribution in [0.3, 0.4) is 0 Å². The van der Waals surface area contributed by atoms with E-state index in [1.807, 2.05) is 32.0 Å². The van der Waals surface area contributed by atoms with Crippen molar-refractivity contribution in [1.29, 1.82) is 0 Å². The van der Waals surface area contributed by atoms with Crippen molar-refractivity contribution in [3.8, 4) is 0 Å². The zero-order valence-electron chi connectivity index (χ0n) is 10.5. The molecule has 0 atom stereocenters. The predicted molar refractivity (Wildman–Crippen MR) is 65.2 cm³/mol. The molecule has 0 saturated heterocycles. The fourth-order valence-electron chi connectivity index (χ4n) is 1.54. The fourth-order valence-corrected chi connectivity index (χ4v) is 1.54. The average Bonchev–Trinajstić information content (AvgIpc) is 2.25. The topological polar surface area (TPSA) is 50.3 Å². The van der Waals surface area contributed by atoms with Gasteiger partial charge in [-0.25, -0.2) is 0 Å². The van der Waals surface area contributed by atoms with Crippen molar-refractivity contribution in [2.45, 2.75) is 39.8 Å². The third-order valence-corrected chi connectivity index (χ3v) is 2.40. The first-order valence-electron chi connectivity index (χ1n) is 5.69. The molecule has 1 heterocycles. The van der Waals surface area contributed by atoms with Crippen molar-refractivity contribution < 1.29 is 9.59 Å². The van der Waals surface area contributed by atoms with Gasteiger partial charge in [0.05, 0.1) is 18.7 Å². The number of ketones is 1. The highest BCUT2D eigenvalue weighted by molar-refractivity contribution is 5.96. The molecule has 4 nitrogen and oxygen atoms in total. The molecule has 1 rings (SSSR count). The number of amides is 1. The lowest BCUT2D eigenvalue weighted by Gasteiger charge is -2.26. The van der Waals surface area contributed by atoms with Crippen molar-refractivity contribution in [3.63, 3.8) is 0 Å². The van der Waals surface area contributed by atoms with Gasteiger partial charge in [-0.05, 0) is 32.9 Å². The molecule has 0 radical (unpaired) electrons. The summed E-state index contributed by atoms with van der Waals surface area (Å²) in [5.41, 5.74) is 0.832. The van der Waals surface area contributed by atoms with Gasteiger partial charge >= 0.3 is 0 Å². The minimum absolute atomic E-state index is 0.0367. The lowest BCUT2D eigenvalue weighted by Crippen LogP contribution is -2.37. The number of Topliss-reactive ketones (excluding diaryl/α,β-unsaturated/α-hetero) is 1. The highest BCUT2D eigenvalue weighted by Gasteiger charge is 2.18. The third kappa shape index (κ3) is 4.34. The van der Waals surface area contributed by atoms with Gasteiger partial charge in [-0.2, -0.15) is 0 Å². The SMILES string of the molecule is CC(=O)CC(=O)N(Cc1ccccn1)C(C)C. The van der Waals surface area contributed by atoms with Crippen molar-refractivity contribution >= 4 is 11.7 Å². The van der Waals surface area contributed by atoms with Gasteiger partial charge < -0.3 is 4.90 Å². The van der Waals surface area contributed by atoms with E-state index in [1.54, 1.807) is 11.1 Å². The molecular formula is C13H18N2O2. The zero-order valence-corrected chi connectivity index (χ0v) is 10.5. The third-order valence-electron chi connectivity index (χ3n) is 2.40. The van der Waals surface area contributed by atoms with E-state index in [0.717, 1.165) is 5.69 Å². The van der Waals surface area contributed by atoms with Crippen LogP contribution in [0.2, 0.25) is 0 Å². The quantitative estimate of drug-likeness (QED) is 0.730. The van der Waals surface area contributed by atoms with Crippen LogP contribution in [0.25, 0.3) is 0 Å². The standard InChI is InChI=1S/C13H18N2O2/c1-10(2)15(13(17)8-11(3)16)9-12-6-4-5-7-14-12/h4-7,10H,8-9H2,1-3H3. The van der Waals surface area contributed by atoms with Crippen LogP contribution in [0.4, 0.5) is 0 Å². The van der Waals surface area contributed by atoms with E-state index in [4.69, 9.17) is 0 Å². The van der Waals surface area contributed by atoms with Gasteiger partial charge in [-0.15, -0.1) is 0 Å². The Morgan fingerprint density at radius 2 is 2.06 bits per heavy atom. The maximum absolute atomic E-state index is 11.9. The van der Waals surface area contributed by atoms with E-state index < -0.39 is 0 Å². The number of pyridine rings is 1. The lowest BCUT2D eigenvalue weighted by molar-refractivity contribution is -0.136. The summed E-state index contributed by atoms with van der Waals surface area (Å²) in [6, 6.07) is 5.65. The summed E-state index contributed by atoms with van der Waals surface area (Å²) < 4.78 is 0. The van der Waals surface area contributed by atoms with Gasteiger partial charge in [0.1, 0.15) is 5.78 Å². The summed E-state index contributed by atoms with van der Waals surface area (Å²) in [5, 5.41) is 0. The normalized spacial score (nSPS) is 10.4. The Bertz CT molecular complexity index is 388. The van der Waals surface area contributed by atoms with Crippen LogP contribution in [-0.2, 0) is 16.1 Å². The first kappa shape index (κ1) is 13.4. The number of carbonyl (C=O) groups is 2. The van der Waals surface area contributed by atoms with E-state index in [2.05, 4.69) is 4.98 Å². The minimum atomic E-state index is -0.141. The summed E-state index contributed by atoms with van der Waals surface area (Å²) in [6.07, 6.45) is 1.66. The van der Waals surface area contributed by atoms with Crippen LogP contribution in [0, 0.1) is 0 Å². The highest BCUT2D eigenvalue weighted by atomic mass is 16.2. The molecule has 0 aromatic carbocycles. The van der Waals surface area contributed by atoms with E-state index in [-0.39, 0.29) is 24.2 Å². The molecule has 92 valence electrons. The van der Waals surface area contributed by atoms with E-state index >= 15 is 0 Å². The second kappa shape index (κ2) is 6.13. The van der Waals surface area contributed by atoms with E-state index in [1.165, 1.54) is 6.92 Å². The smallest absolute Gasteiger partial charge is 0.230 e. The molecule has 0 unspecified atom stereocenters. The molecule has 4 heteroatoms. The van der Waals surface area contributed by atoms with Gasteiger partial charge in [0, 0.05) is 12.2 Å². The van der Waals surface area contributed by atoms with Crippen LogP contribution >= 0.6 is 0 Å². The Balaban J connectivity index is 2.73. The largest absolute Gasteiger partial charge is 0.334 e. The summed E-state index contributed by atoms with van der Waals surface area (Å²) in [7, 11) is 0. The predicted octanol–water partition coefficient (Wildman–Crippen LogP) is 1.80. The summed E-state index contributed by atoms with van der Waals surface area (Å²) in [4.78, 5) is 28.7.